The van der Waals surface area contributed by atoms with Gasteiger partial charge in [0.15, 0.2) is 5.78 Å². The van der Waals surface area contributed by atoms with E-state index in [-0.39, 0.29) is 17.4 Å². The van der Waals surface area contributed by atoms with Gasteiger partial charge in [-0.25, -0.2) is 0 Å². The van der Waals surface area contributed by atoms with Crippen LogP contribution in [0.4, 0.5) is 5.69 Å². The molecule has 0 amide bonds. The van der Waals surface area contributed by atoms with Crippen molar-refractivity contribution >= 4 is 34.7 Å². The van der Waals surface area contributed by atoms with Crippen LogP contribution in [0.3, 0.4) is 0 Å². The third-order valence-electron chi connectivity index (χ3n) is 6.26. The lowest BCUT2D eigenvalue weighted by atomic mass is 9.73. The fourth-order valence-electron chi connectivity index (χ4n) is 4.82. The number of amidine groups is 1. The predicted molar refractivity (Wildman–Crippen MR) is 133 cm³/mol. The molecule has 164 valence electrons. The highest BCUT2D eigenvalue weighted by molar-refractivity contribution is 6.31. The number of carbonyl (C=O) groups excluding carboxylic acids is 1. The van der Waals surface area contributed by atoms with Crippen molar-refractivity contribution in [3.63, 3.8) is 0 Å². The molecule has 4 nitrogen and oxygen atoms in total. The monoisotopic (exact) mass is 454 g/mol. The van der Waals surface area contributed by atoms with Gasteiger partial charge in [-0.05, 0) is 36.6 Å². The molecule has 2 aliphatic rings. The standard InChI is InChI=1S/C28H23ClN2O2/c29-20-13-7-14-21(17-20)31-22-15-8-16-23(32)25(22)24(18-9-3-1-4-10-18)26(28(31)30)27(33)19-11-5-2-6-12-19/h1-7,9-14,17,24,30,33H,8,15-16H2/b27-26+,30-28?. The maximum Gasteiger partial charge on any atom is 0.161 e. The molecule has 0 saturated carbocycles. The zero-order valence-corrected chi connectivity index (χ0v) is 18.7. The van der Waals surface area contributed by atoms with Gasteiger partial charge in [-0.1, -0.05) is 78.3 Å². The van der Waals surface area contributed by atoms with E-state index in [0.29, 0.717) is 40.3 Å². The summed E-state index contributed by atoms with van der Waals surface area (Å²) in [5.41, 5.74) is 4.09. The lowest BCUT2D eigenvalue weighted by Gasteiger charge is -2.41. The Balaban J connectivity index is 1.83. The van der Waals surface area contributed by atoms with Gasteiger partial charge in [-0.2, -0.15) is 0 Å². The fraction of sp³-hybridized carbons (Fsp3) is 0.143. The molecular weight excluding hydrogens is 432 g/mol. The molecule has 5 rings (SSSR count). The second-order valence-electron chi connectivity index (χ2n) is 8.27. The van der Waals surface area contributed by atoms with Crippen LogP contribution >= 0.6 is 11.6 Å². The minimum Gasteiger partial charge on any atom is -0.507 e. The summed E-state index contributed by atoms with van der Waals surface area (Å²) in [5, 5.41) is 21.3. The Hall–Kier alpha value is -3.63. The lowest BCUT2D eigenvalue weighted by molar-refractivity contribution is -0.116. The molecule has 2 N–H and O–H groups in total. The van der Waals surface area contributed by atoms with E-state index in [9.17, 15) is 15.3 Å². The normalized spacial score (nSPS) is 20.0. The molecule has 1 heterocycles. The molecule has 0 fully saturated rings. The Morgan fingerprint density at radius 3 is 2.33 bits per heavy atom. The molecular formula is C28H23ClN2O2. The van der Waals surface area contributed by atoms with Crippen LogP contribution in [0.2, 0.25) is 5.02 Å². The first kappa shape index (κ1) is 21.2. The topological polar surface area (TPSA) is 64.4 Å². The van der Waals surface area contributed by atoms with Crippen LogP contribution in [-0.2, 0) is 4.79 Å². The first-order valence-corrected chi connectivity index (χ1v) is 11.4. The predicted octanol–water partition coefficient (Wildman–Crippen LogP) is 6.90. The smallest absolute Gasteiger partial charge is 0.161 e. The molecule has 33 heavy (non-hydrogen) atoms. The van der Waals surface area contributed by atoms with Gasteiger partial charge in [0.2, 0.25) is 0 Å². The van der Waals surface area contributed by atoms with Crippen LogP contribution in [-0.4, -0.2) is 16.7 Å². The van der Waals surface area contributed by atoms with Crippen molar-refractivity contribution < 1.29 is 9.90 Å². The number of rotatable bonds is 3. The number of nitrogens with zero attached hydrogens (tertiary/aromatic N) is 1. The van der Waals surface area contributed by atoms with Gasteiger partial charge in [0.25, 0.3) is 0 Å². The summed E-state index contributed by atoms with van der Waals surface area (Å²) in [6.45, 7) is 0. The largest absolute Gasteiger partial charge is 0.507 e. The maximum atomic E-state index is 13.4. The van der Waals surface area contributed by atoms with Crippen molar-refractivity contribution in [3.8, 4) is 0 Å². The fourth-order valence-corrected chi connectivity index (χ4v) is 5.01. The van der Waals surface area contributed by atoms with Crippen molar-refractivity contribution in [2.45, 2.75) is 25.2 Å². The number of aliphatic hydroxyl groups excluding tert-OH is 1. The summed E-state index contributed by atoms with van der Waals surface area (Å²) >= 11 is 6.29. The number of aliphatic hydroxyl groups is 1. The Labute approximate surface area is 198 Å². The third kappa shape index (κ3) is 3.77. The Morgan fingerprint density at radius 1 is 0.939 bits per heavy atom. The molecule has 0 aromatic heterocycles. The van der Waals surface area contributed by atoms with Crippen LogP contribution in [0.1, 0.15) is 36.3 Å². The molecule has 0 spiro atoms. The minimum absolute atomic E-state index is 0.00593. The van der Waals surface area contributed by atoms with Gasteiger partial charge in [0.05, 0.1) is 0 Å². The first-order chi connectivity index (χ1) is 16.1. The number of anilines is 1. The van der Waals surface area contributed by atoms with Crippen molar-refractivity contribution in [1.82, 2.24) is 0 Å². The van der Waals surface area contributed by atoms with E-state index in [1.807, 2.05) is 72.8 Å². The van der Waals surface area contributed by atoms with Crippen LogP contribution in [0, 0.1) is 5.41 Å². The van der Waals surface area contributed by atoms with E-state index in [0.717, 1.165) is 17.7 Å². The second kappa shape index (κ2) is 8.72. The molecule has 5 heteroatoms. The van der Waals surface area contributed by atoms with Crippen molar-refractivity contribution in [1.29, 1.82) is 5.41 Å². The number of carbonyl (C=O) groups is 1. The molecule has 3 aromatic carbocycles. The van der Waals surface area contributed by atoms with Crippen LogP contribution in [0.25, 0.3) is 5.76 Å². The summed E-state index contributed by atoms with van der Waals surface area (Å²) in [4.78, 5) is 15.2. The number of nitrogens with one attached hydrogen (secondary N) is 1. The van der Waals surface area contributed by atoms with Crippen LogP contribution in [0.15, 0.2) is 102 Å². The number of hydrogen-bond acceptors (Lipinski definition) is 3. The number of benzene rings is 3. The van der Waals surface area contributed by atoms with Gasteiger partial charge >= 0.3 is 0 Å². The van der Waals surface area contributed by atoms with E-state index in [2.05, 4.69) is 0 Å². The summed E-state index contributed by atoms with van der Waals surface area (Å²) in [6.07, 6.45) is 1.87. The molecule has 0 radical (unpaired) electrons. The zero-order valence-electron chi connectivity index (χ0n) is 18.0. The summed E-state index contributed by atoms with van der Waals surface area (Å²) < 4.78 is 0. The molecule has 1 atom stereocenters. The zero-order chi connectivity index (χ0) is 22.9. The van der Waals surface area contributed by atoms with Gasteiger partial charge in [-0.3, -0.25) is 15.1 Å². The third-order valence-corrected chi connectivity index (χ3v) is 6.49. The molecule has 1 aliphatic carbocycles. The average molecular weight is 455 g/mol. The SMILES string of the molecule is N=C1/C(=C(/O)c2ccccc2)C(c2ccccc2)C2=C(CCCC2=O)N1c1cccc(Cl)c1. The highest BCUT2D eigenvalue weighted by atomic mass is 35.5. The average Bonchev–Trinajstić information content (AvgIpc) is 2.84. The van der Waals surface area contributed by atoms with Gasteiger partial charge in [0, 0.05) is 45.5 Å². The summed E-state index contributed by atoms with van der Waals surface area (Å²) in [6, 6.07) is 26.2. The number of Topliss-reactive ketones (excluding diaryl/α,β-unsaturated/α-hetero) is 1. The number of hydrogen-bond donors (Lipinski definition) is 2. The van der Waals surface area contributed by atoms with E-state index < -0.39 is 5.92 Å². The Bertz CT molecular complexity index is 1300. The minimum atomic E-state index is -0.517. The Kier molecular flexibility index (Phi) is 5.61. The highest BCUT2D eigenvalue weighted by Gasteiger charge is 2.43. The number of ketones is 1. The molecule has 1 aliphatic heterocycles. The van der Waals surface area contributed by atoms with E-state index in [1.54, 1.807) is 17.0 Å². The number of halogens is 1. The quantitative estimate of drug-likeness (QED) is 0.423. The van der Waals surface area contributed by atoms with Gasteiger partial charge < -0.3 is 5.11 Å². The van der Waals surface area contributed by atoms with Crippen LogP contribution in [0.5, 0.6) is 0 Å². The molecule has 0 bridgehead atoms. The summed E-state index contributed by atoms with van der Waals surface area (Å²) in [7, 11) is 0. The summed E-state index contributed by atoms with van der Waals surface area (Å²) in [5.74, 6) is -0.299. The van der Waals surface area contributed by atoms with Crippen molar-refractivity contribution in [2.75, 3.05) is 4.90 Å². The molecule has 3 aromatic rings. The van der Waals surface area contributed by atoms with Gasteiger partial charge in [-0.15, -0.1) is 0 Å². The molecule has 0 saturated heterocycles. The van der Waals surface area contributed by atoms with E-state index in [1.165, 1.54) is 0 Å². The Morgan fingerprint density at radius 2 is 1.64 bits per heavy atom. The van der Waals surface area contributed by atoms with Crippen molar-refractivity contribution in [3.05, 3.63) is 118 Å². The maximum absolute atomic E-state index is 13.4. The first-order valence-electron chi connectivity index (χ1n) is 11.0. The lowest BCUT2D eigenvalue weighted by Crippen LogP contribution is -2.42. The van der Waals surface area contributed by atoms with Crippen LogP contribution < -0.4 is 4.90 Å². The van der Waals surface area contributed by atoms with Crippen molar-refractivity contribution in [2.24, 2.45) is 0 Å². The molecule has 1 unspecified atom stereocenters. The number of allylic oxidation sites excluding steroid dienone is 2. The van der Waals surface area contributed by atoms with Gasteiger partial charge in [0.1, 0.15) is 11.6 Å². The van der Waals surface area contributed by atoms with E-state index in [4.69, 9.17) is 11.6 Å². The van der Waals surface area contributed by atoms with E-state index >= 15 is 0 Å². The second-order valence-corrected chi connectivity index (χ2v) is 8.71. The highest BCUT2D eigenvalue weighted by Crippen LogP contribution is 2.47.